The number of likely N-dealkylation sites (N-methyl/N-ethyl adjacent to an activating group) is 1. The molecule has 1 heterocycles. The van der Waals surface area contributed by atoms with Crippen LogP contribution in [-0.4, -0.2) is 44.5 Å². The highest BCUT2D eigenvalue weighted by molar-refractivity contribution is 5.85. The van der Waals surface area contributed by atoms with Gasteiger partial charge in [-0.05, 0) is 32.0 Å². The summed E-state index contributed by atoms with van der Waals surface area (Å²) in [6.07, 6.45) is 1.03. The number of para-hydroxylation sites is 1. The first-order chi connectivity index (χ1) is 9.06. The van der Waals surface area contributed by atoms with Gasteiger partial charge in [0.25, 0.3) is 0 Å². The smallest absolute Gasteiger partial charge is 0.244 e. The molecule has 0 aromatic heterocycles. The van der Waals surface area contributed by atoms with E-state index in [1.807, 2.05) is 34.1 Å². The minimum atomic E-state index is -0.117. The second-order valence-electron chi connectivity index (χ2n) is 5.29. The number of anilines is 1. The van der Waals surface area contributed by atoms with Crippen LogP contribution in [0.3, 0.4) is 0 Å². The maximum atomic E-state index is 12.2. The van der Waals surface area contributed by atoms with Crippen LogP contribution in [0.5, 0.6) is 0 Å². The van der Waals surface area contributed by atoms with E-state index >= 15 is 0 Å². The van der Waals surface area contributed by atoms with Crippen molar-refractivity contribution in [2.45, 2.75) is 25.4 Å². The molecule has 2 atom stereocenters. The summed E-state index contributed by atoms with van der Waals surface area (Å²) < 4.78 is 0. The largest absolute Gasteiger partial charge is 0.359 e. The van der Waals surface area contributed by atoms with Crippen molar-refractivity contribution in [1.29, 1.82) is 0 Å². The van der Waals surface area contributed by atoms with Gasteiger partial charge in [0.05, 0.1) is 0 Å². The lowest BCUT2D eigenvalue weighted by Crippen LogP contribution is -2.48. The Morgan fingerprint density at radius 2 is 2.11 bits per heavy atom. The molecule has 0 saturated heterocycles. The number of nitrogens with zero attached hydrogens (tertiary/aromatic N) is 2. The van der Waals surface area contributed by atoms with E-state index in [0.717, 1.165) is 13.0 Å². The van der Waals surface area contributed by atoms with Crippen molar-refractivity contribution in [1.82, 2.24) is 10.2 Å². The van der Waals surface area contributed by atoms with Crippen LogP contribution in [0.1, 0.15) is 24.9 Å². The average Bonchev–Trinajstić information content (AvgIpc) is 2.44. The molecule has 1 amide bonds. The highest BCUT2D eigenvalue weighted by atomic mass is 16.2. The molecule has 1 N–H and O–H groups in total. The summed E-state index contributed by atoms with van der Waals surface area (Å²) in [5.41, 5.74) is 2.46. The van der Waals surface area contributed by atoms with Crippen LogP contribution in [0.15, 0.2) is 24.3 Å². The first kappa shape index (κ1) is 13.9. The summed E-state index contributed by atoms with van der Waals surface area (Å²) >= 11 is 0. The molecule has 0 aliphatic carbocycles. The van der Waals surface area contributed by atoms with Crippen LogP contribution in [0.2, 0.25) is 0 Å². The van der Waals surface area contributed by atoms with E-state index in [-0.39, 0.29) is 11.9 Å². The van der Waals surface area contributed by atoms with Crippen LogP contribution in [0.4, 0.5) is 5.69 Å². The molecule has 0 radical (unpaired) electrons. The molecule has 1 aromatic rings. The molecule has 0 saturated carbocycles. The van der Waals surface area contributed by atoms with Crippen molar-refractivity contribution >= 4 is 11.6 Å². The highest BCUT2D eigenvalue weighted by Crippen LogP contribution is 2.34. The SMILES string of the molecule is CNC1CCN(C(C)C(=O)N(C)C)c2ccccc21. The molecular weight excluding hydrogens is 238 g/mol. The molecule has 4 heteroatoms. The van der Waals surface area contributed by atoms with Crippen LogP contribution in [0.25, 0.3) is 0 Å². The molecule has 1 aromatic carbocycles. The van der Waals surface area contributed by atoms with E-state index in [2.05, 4.69) is 28.4 Å². The van der Waals surface area contributed by atoms with Gasteiger partial charge in [-0.3, -0.25) is 4.79 Å². The number of benzene rings is 1. The zero-order valence-corrected chi connectivity index (χ0v) is 12.2. The zero-order chi connectivity index (χ0) is 14.0. The number of hydrogen-bond acceptors (Lipinski definition) is 3. The summed E-state index contributed by atoms with van der Waals surface area (Å²) in [6, 6.07) is 8.62. The van der Waals surface area contributed by atoms with Crippen LogP contribution >= 0.6 is 0 Å². The molecule has 4 nitrogen and oxygen atoms in total. The minimum Gasteiger partial charge on any atom is -0.359 e. The third kappa shape index (κ3) is 2.59. The Bertz CT molecular complexity index is 458. The van der Waals surface area contributed by atoms with E-state index in [4.69, 9.17) is 0 Å². The Balaban J connectivity index is 2.32. The van der Waals surface area contributed by atoms with Gasteiger partial charge in [-0.25, -0.2) is 0 Å². The molecule has 1 aliphatic rings. The molecule has 0 spiro atoms. The van der Waals surface area contributed by atoms with Crippen LogP contribution in [0, 0.1) is 0 Å². The quantitative estimate of drug-likeness (QED) is 0.898. The number of hydrogen-bond donors (Lipinski definition) is 1. The van der Waals surface area contributed by atoms with Crippen LogP contribution < -0.4 is 10.2 Å². The Kier molecular flexibility index (Phi) is 4.10. The average molecular weight is 261 g/mol. The monoisotopic (exact) mass is 261 g/mol. The molecule has 19 heavy (non-hydrogen) atoms. The zero-order valence-electron chi connectivity index (χ0n) is 12.2. The van der Waals surface area contributed by atoms with Gasteiger partial charge < -0.3 is 15.1 Å². The molecule has 1 aliphatic heterocycles. The lowest BCUT2D eigenvalue weighted by molar-refractivity contribution is -0.129. The second kappa shape index (κ2) is 5.61. The molecule has 2 rings (SSSR count). The fourth-order valence-electron chi connectivity index (χ4n) is 2.80. The van der Waals surface area contributed by atoms with Gasteiger partial charge in [0.1, 0.15) is 6.04 Å². The van der Waals surface area contributed by atoms with Gasteiger partial charge in [-0.15, -0.1) is 0 Å². The first-order valence-electron chi connectivity index (χ1n) is 6.80. The summed E-state index contributed by atoms with van der Waals surface area (Å²) in [5, 5.41) is 3.35. The van der Waals surface area contributed by atoms with Crippen molar-refractivity contribution in [3.63, 3.8) is 0 Å². The highest BCUT2D eigenvalue weighted by Gasteiger charge is 2.30. The molecule has 104 valence electrons. The van der Waals surface area contributed by atoms with Gasteiger partial charge >= 0.3 is 0 Å². The van der Waals surface area contributed by atoms with Crippen molar-refractivity contribution < 1.29 is 4.79 Å². The van der Waals surface area contributed by atoms with E-state index in [0.29, 0.717) is 6.04 Å². The minimum absolute atomic E-state index is 0.117. The van der Waals surface area contributed by atoms with Gasteiger partial charge in [-0.2, -0.15) is 0 Å². The molecule has 2 unspecified atom stereocenters. The van der Waals surface area contributed by atoms with Crippen molar-refractivity contribution in [3.8, 4) is 0 Å². The summed E-state index contributed by atoms with van der Waals surface area (Å²) in [5.74, 6) is 0.151. The number of carbonyl (C=O) groups excluding carboxylic acids is 1. The predicted molar refractivity (Wildman–Crippen MR) is 78.4 cm³/mol. The number of fused-ring (bicyclic) bond motifs is 1. The number of nitrogens with one attached hydrogen (secondary N) is 1. The van der Waals surface area contributed by atoms with Crippen molar-refractivity contribution in [2.75, 3.05) is 32.6 Å². The molecule has 0 bridgehead atoms. The first-order valence-corrected chi connectivity index (χ1v) is 6.80. The summed E-state index contributed by atoms with van der Waals surface area (Å²) in [4.78, 5) is 16.0. The summed E-state index contributed by atoms with van der Waals surface area (Å²) in [6.45, 7) is 2.89. The maximum Gasteiger partial charge on any atom is 0.244 e. The maximum absolute atomic E-state index is 12.2. The number of rotatable bonds is 3. The number of carbonyl (C=O) groups is 1. The Morgan fingerprint density at radius 3 is 2.74 bits per heavy atom. The van der Waals surface area contributed by atoms with Gasteiger partial charge in [0.2, 0.25) is 5.91 Å². The van der Waals surface area contributed by atoms with Gasteiger partial charge in [0.15, 0.2) is 0 Å². The topological polar surface area (TPSA) is 35.6 Å². The normalized spacial score (nSPS) is 19.8. The van der Waals surface area contributed by atoms with E-state index in [9.17, 15) is 4.79 Å². The lowest BCUT2D eigenvalue weighted by Gasteiger charge is -2.39. The number of amides is 1. The fourth-order valence-corrected chi connectivity index (χ4v) is 2.80. The van der Waals surface area contributed by atoms with Crippen LogP contribution in [-0.2, 0) is 4.79 Å². The second-order valence-corrected chi connectivity index (χ2v) is 5.29. The van der Waals surface area contributed by atoms with Crippen molar-refractivity contribution in [3.05, 3.63) is 29.8 Å². The Morgan fingerprint density at radius 1 is 1.42 bits per heavy atom. The molecule has 0 fully saturated rings. The summed E-state index contributed by atoms with van der Waals surface area (Å²) in [7, 11) is 5.61. The standard InChI is InChI=1S/C15H23N3O/c1-11(15(19)17(3)4)18-10-9-13(16-2)12-7-5-6-8-14(12)18/h5-8,11,13,16H,9-10H2,1-4H3. The van der Waals surface area contributed by atoms with Crippen molar-refractivity contribution in [2.24, 2.45) is 0 Å². The van der Waals surface area contributed by atoms with E-state index in [1.165, 1.54) is 11.3 Å². The van der Waals surface area contributed by atoms with Gasteiger partial charge in [0, 0.05) is 32.4 Å². The third-order valence-corrected chi connectivity index (χ3v) is 3.89. The Labute approximate surface area is 115 Å². The lowest BCUT2D eigenvalue weighted by atomic mass is 9.95. The fraction of sp³-hybridized carbons (Fsp3) is 0.533. The van der Waals surface area contributed by atoms with Gasteiger partial charge in [-0.1, -0.05) is 18.2 Å². The molecular formula is C15H23N3O. The van der Waals surface area contributed by atoms with E-state index in [1.54, 1.807) is 4.90 Å². The third-order valence-electron chi connectivity index (χ3n) is 3.89. The predicted octanol–water partition coefficient (Wildman–Crippen LogP) is 1.63. The Hall–Kier alpha value is -1.55. The van der Waals surface area contributed by atoms with E-state index < -0.39 is 0 Å².